The summed E-state index contributed by atoms with van der Waals surface area (Å²) >= 11 is 0. The topological polar surface area (TPSA) is 89.4 Å². The van der Waals surface area contributed by atoms with Crippen LogP contribution in [0.3, 0.4) is 0 Å². The molecule has 3 aromatic rings. The molecule has 138 valence electrons. The highest BCUT2D eigenvalue weighted by Gasteiger charge is 2.38. The van der Waals surface area contributed by atoms with Gasteiger partial charge in [-0.05, 0) is 17.7 Å². The lowest BCUT2D eigenvalue weighted by molar-refractivity contribution is 0.443. The molecule has 2 heterocycles. The lowest BCUT2D eigenvalue weighted by atomic mass is 9.95. The molecule has 0 bridgehead atoms. The average molecular weight is 394 g/mol. The van der Waals surface area contributed by atoms with Crippen LogP contribution in [0.15, 0.2) is 59.1 Å². The van der Waals surface area contributed by atoms with Crippen molar-refractivity contribution in [2.24, 2.45) is 5.73 Å². The molecule has 1 fully saturated rings. The van der Waals surface area contributed by atoms with E-state index in [0.29, 0.717) is 24.4 Å². The summed E-state index contributed by atoms with van der Waals surface area (Å²) < 4.78 is 32.4. The summed E-state index contributed by atoms with van der Waals surface area (Å²) in [6, 6.07) is 16.9. The van der Waals surface area contributed by atoms with Gasteiger partial charge in [0.05, 0.1) is 0 Å². The van der Waals surface area contributed by atoms with Crippen molar-refractivity contribution in [3.05, 3.63) is 65.9 Å². The van der Waals surface area contributed by atoms with E-state index in [0.717, 1.165) is 10.9 Å². The highest BCUT2D eigenvalue weighted by Crippen LogP contribution is 2.30. The quantitative estimate of drug-likeness (QED) is 0.735. The highest BCUT2D eigenvalue weighted by molar-refractivity contribution is 7.88. The van der Waals surface area contributed by atoms with Crippen molar-refractivity contribution in [3.63, 3.8) is 0 Å². The van der Waals surface area contributed by atoms with Gasteiger partial charge in [-0.3, -0.25) is 0 Å². The van der Waals surface area contributed by atoms with Gasteiger partial charge in [0.15, 0.2) is 5.58 Å². The molecule has 4 rings (SSSR count). The predicted octanol–water partition coefficient (Wildman–Crippen LogP) is 2.51. The maximum absolute atomic E-state index is 12.9. The third-order valence-corrected chi connectivity index (χ3v) is 6.45. The van der Waals surface area contributed by atoms with Gasteiger partial charge in [-0.1, -0.05) is 47.6 Å². The molecule has 0 spiro atoms. The number of nitrogens with zero attached hydrogens (tertiary/aromatic N) is 2. The standard InChI is InChI=1S/C18H19N3O3S.ClH/c19-16-11-21(10-15(16)13-6-2-1-3-7-13)25(22,23)12-17-14-8-4-5-9-18(14)24-20-17;/h1-9,15-16H,10-12,19H2;1H/t15-,16+;/m0./s1. The second kappa shape index (κ2) is 7.36. The van der Waals surface area contributed by atoms with E-state index in [-0.39, 0.29) is 30.1 Å². The van der Waals surface area contributed by atoms with Gasteiger partial charge < -0.3 is 10.3 Å². The lowest BCUT2D eigenvalue weighted by Crippen LogP contribution is -2.33. The average Bonchev–Trinajstić information content (AvgIpc) is 3.20. The molecular weight excluding hydrogens is 374 g/mol. The van der Waals surface area contributed by atoms with E-state index >= 15 is 0 Å². The first-order valence-corrected chi connectivity index (χ1v) is 9.77. The number of nitrogens with two attached hydrogens (primary N) is 1. The van der Waals surface area contributed by atoms with Gasteiger partial charge in [-0.25, -0.2) is 8.42 Å². The Morgan fingerprint density at radius 3 is 2.54 bits per heavy atom. The van der Waals surface area contributed by atoms with Crippen LogP contribution >= 0.6 is 12.4 Å². The SMILES string of the molecule is Cl.N[C@@H]1CN(S(=O)(=O)Cc2noc3ccccc23)C[C@H]1c1ccccc1. The van der Waals surface area contributed by atoms with Gasteiger partial charge in [0, 0.05) is 30.4 Å². The Bertz CT molecular complexity index is 991. The molecule has 26 heavy (non-hydrogen) atoms. The molecule has 0 aliphatic carbocycles. The molecule has 6 nitrogen and oxygen atoms in total. The molecule has 8 heteroatoms. The normalized spacial score (nSPS) is 21.0. The number of fused-ring (bicyclic) bond motifs is 1. The number of aromatic nitrogens is 1. The lowest BCUT2D eigenvalue weighted by Gasteiger charge is -2.16. The molecule has 2 atom stereocenters. The van der Waals surface area contributed by atoms with E-state index < -0.39 is 10.0 Å². The molecule has 2 aromatic carbocycles. The number of para-hydroxylation sites is 1. The van der Waals surface area contributed by atoms with Crippen molar-refractivity contribution in [3.8, 4) is 0 Å². The van der Waals surface area contributed by atoms with E-state index in [9.17, 15) is 8.42 Å². The first-order chi connectivity index (χ1) is 12.0. The monoisotopic (exact) mass is 393 g/mol. The van der Waals surface area contributed by atoms with E-state index in [2.05, 4.69) is 5.16 Å². The molecule has 1 aliphatic rings. The van der Waals surface area contributed by atoms with Crippen LogP contribution in [-0.2, 0) is 15.8 Å². The maximum Gasteiger partial charge on any atom is 0.220 e. The zero-order chi connectivity index (χ0) is 17.4. The first-order valence-electron chi connectivity index (χ1n) is 8.16. The van der Waals surface area contributed by atoms with Gasteiger partial charge >= 0.3 is 0 Å². The number of halogens is 1. The number of rotatable bonds is 4. The van der Waals surface area contributed by atoms with Crippen molar-refractivity contribution >= 4 is 33.4 Å². The third kappa shape index (κ3) is 3.48. The largest absolute Gasteiger partial charge is 0.356 e. The molecule has 0 unspecified atom stereocenters. The molecular formula is C18H20ClN3O3S. The number of benzene rings is 2. The van der Waals surface area contributed by atoms with Crippen molar-refractivity contribution in [1.29, 1.82) is 0 Å². The third-order valence-electron chi connectivity index (χ3n) is 4.72. The summed E-state index contributed by atoms with van der Waals surface area (Å²) in [5, 5.41) is 4.67. The van der Waals surface area contributed by atoms with Gasteiger partial charge in [0.25, 0.3) is 0 Å². The van der Waals surface area contributed by atoms with Crippen molar-refractivity contribution in [1.82, 2.24) is 9.46 Å². The molecule has 1 aliphatic heterocycles. The van der Waals surface area contributed by atoms with Crippen LogP contribution in [0.1, 0.15) is 17.2 Å². The predicted molar refractivity (Wildman–Crippen MR) is 103 cm³/mol. The first kappa shape index (κ1) is 18.8. The van der Waals surface area contributed by atoms with Crippen LogP contribution in [0.5, 0.6) is 0 Å². The summed E-state index contributed by atoms with van der Waals surface area (Å²) in [5.41, 5.74) is 8.32. The summed E-state index contributed by atoms with van der Waals surface area (Å²) in [7, 11) is -3.52. The summed E-state index contributed by atoms with van der Waals surface area (Å²) in [4.78, 5) is 0. The Labute approximate surface area is 158 Å². The molecule has 0 radical (unpaired) electrons. The Hall–Kier alpha value is -1.93. The van der Waals surface area contributed by atoms with Crippen LogP contribution in [0.25, 0.3) is 11.0 Å². The van der Waals surface area contributed by atoms with Gasteiger partial charge in [-0.15, -0.1) is 12.4 Å². The molecule has 0 saturated carbocycles. The van der Waals surface area contributed by atoms with Crippen LogP contribution in [0.4, 0.5) is 0 Å². The second-order valence-electron chi connectivity index (χ2n) is 6.38. The Kier molecular flexibility index (Phi) is 5.34. The van der Waals surface area contributed by atoms with Gasteiger partial charge in [-0.2, -0.15) is 4.31 Å². The molecule has 0 amide bonds. The zero-order valence-electron chi connectivity index (χ0n) is 14.0. The van der Waals surface area contributed by atoms with Crippen LogP contribution < -0.4 is 5.73 Å². The summed E-state index contributed by atoms with van der Waals surface area (Å²) in [5.74, 6) is -0.178. The van der Waals surface area contributed by atoms with Crippen molar-refractivity contribution < 1.29 is 12.9 Å². The van der Waals surface area contributed by atoms with Crippen molar-refractivity contribution in [2.45, 2.75) is 17.7 Å². The van der Waals surface area contributed by atoms with E-state index in [1.165, 1.54) is 4.31 Å². The maximum atomic E-state index is 12.9. The van der Waals surface area contributed by atoms with E-state index in [1.807, 2.05) is 48.5 Å². The Morgan fingerprint density at radius 2 is 1.77 bits per heavy atom. The fraction of sp³-hybridized carbons (Fsp3) is 0.278. The number of hydrogen-bond donors (Lipinski definition) is 1. The fourth-order valence-electron chi connectivity index (χ4n) is 3.38. The number of sulfonamides is 1. The van der Waals surface area contributed by atoms with Crippen LogP contribution in [0, 0.1) is 0 Å². The van der Waals surface area contributed by atoms with Gasteiger partial charge in [0.2, 0.25) is 10.0 Å². The van der Waals surface area contributed by atoms with E-state index in [4.69, 9.17) is 10.3 Å². The second-order valence-corrected chi connectivity index (χ2v) is 8.35. The zero-order valence-corrected chi connectivity index (χ0v) is 15.6. The minimum Gasteiger partial charge on any atom is -0.356 e. The highest BCUT2D eigenvalue weighted by atomic mass is 35.5. The Morgan fingerprint density at radius 1 is 1.08 bits per heavy atom. The van der Waals surface area contributed by atoms with Crippen molar-refractivity contribution in [2.75, 3.05) is 13.1 Å². The molecule has 1 saturated heterocycles. The minimum absolute atomic E-state index is 0. The molecule has 2 N–H and O–H groups in total. The Balaban J connectivity index is 0.00000196. The summed E-state index contributed by atoms with van der Waals surface area (Å²) in [6.45, 7) is 0.709. The smallest absolute Gasteiger partial charge is 0.220 e. The fourth-order valence-corrected chi connectivity index (χ4v) is 4.90. The van der Waals surface area contributed by atoms with Crippen LogP contribution in [0.2, 0.25) is 0 Å². The molecule has 1 aromatic heterocycles. The van der Waals surface area contributed by atoms with Gasteiger partial charge in [0.1, 0.15) is 11.4 Å². The minimum atomic E-state index is -3.52. The van der Waals surface area contributed by atoms with E-state index in [1.54, 1.807) is 6.07 Å². The number of hydrogen-bond acceptors (Lipinski definition) is 5. The summed E-state index contributed by atoms with van der Waals surface area (Å²) in [6.07, 6.45) is 0. The van der Waals surface area contributed by atoms with Crippen LogP contribution in [-0.4, -0.2) is 37.0 Å².